The summed E-state index contributed by atoms with van der Waals surface area (Å²) < 4.78 is 9.88. The zero-order valence-electron chi connectivity index (χ0n) is 32.6. The van der Waals surface area contributed by atoms with E-state index in [0.717, 1.165) is 11.4 Å². The summed E-state index contributed by atoms with van der Waals surface area (Å²) in [5.74, 6) is -2.86. The van der Waals surface area contributed by atoms with E-state index >= 15 is 0 Å². The first-order chi connectivity index (χ1) is 27.1. The van der Waals surface area contributed by atoms with Crippen LogP contribution in [0.4, 0.5) is 34.1 Å². The summed E-state index contributed by atoms with van der Waals surface area (Å²) >= 11 is 0. The van der Waals surface area contributed by atoms with Crippen LogP contribution in [0, 0.1) is 22.7 Å². The predicted octanol–water partition coefficient (Wildman–Crippen LogP) is 6.61. The molecule has 0 fully saturated rings. The molecule has 0 spiro atoms. The van der Waals surface area contributed by atoms with Gasteiger partial charge in [0.1, 0.15) is 0 Å². The van der Waals surface area contributed by atoms with Crippen LogP contribution in [0.5, 0.6) is 0 Å². The average Bonchev–Trinajstić information content (AvgIpc) is 3.24. The second kappa shape index (κ2) is 24.0. The van der Waals surface area contributed by atoms with Crippen LogP contribution >= 0.6 is 0 Å². The number of para-hydroxylation sites is 4. The van der Waals surface area contributed by atoms with Crippen molar-refractivity contribution in [3.05, 3.63) is 179 Å². The Bertz CT molecular complexity index is 2330. The molecule has 0 aliphatic rings. The van der Waals surface area contributed by atoms with Gasteiger partial charge in [-0.15, -0.1) is 0 Å². The number of nitriles is 2. The monoisotopic (exact) mass is 809 g/mol. The summed E-state index contributed by atoms with van der Waals surface area (Å²) in [6, 6.07) is 46.4. The Morgan fingerprint density at radius 1 is 0.533 bits per heavy atom. The number of methoxy groups -OCH3 is 2. The fourth-order valence-electron chi connectivity index (χ4n) is 5.97. The number of aromatic carboxylic acids is 1. The number of ketones is 1. The van der Waals surface area contributed by atoms with E-state index in [4.69, 9.17) is 9.47 Å². The van der Waals surface area contributed by atoms with Crippen molar-refractivity contribution < 1.29 is 68.8 Å². The van der Waals surface area contributed by atoms with Crippen molar-refractivity contribution in [3.63, 3.8) is 0 Å². The molecule has 0 atom stereocenters. The molecule has 0 saturated heterocycles. The minimum Gasteiger partial charge on any atom is -0.870 e. The van der Waals surface area contributed by atoms with Crippen LogP contribution in [0.2, 0.25) is 0 Å². The molecule has 0 saturated carbocycles. The van der Waals surface area contributed by atoms with Crippen LogP contribution < -0.4 is 39.4 Å². The number of carbonyl (C=O) groups is 4. The van der Waals surface area contributed by atoms with Gasteiger partial charge in [0, 0.05) is 36.7 Å². The minimum absolute atomic E-state index is 0. The molecular formula is C46H39BN4NaO8. The molecule has 0 amide bonds. The quantitative estimate of drug-likeness (QED) is 0.0886. The Morgan fingerprint density at radius 3 is 1.05 bits per heavy atom. The van der Waals surface area contributed by atoms with Gasteiger partial charge in [-0.05, 0) is 79.7 Å². The summed E-state index contributed by atoms with van der Waals surface area (Å²) in [7, 11) is 2.50. The molecule has 6 aromatic rings. The molecular weight excluding hydrogens is 770 g/mol. The number of hydrogen-bond acceptors (Lipinski definition) is 11. The predicted molar refractivity (Wildman–Crippen MR) is 226 cm³/mol. The molecule has 2 N–H and O–H groups in total. The van der Waals surface area contributed by atoms with E-state index < -0.39 is 17.9 Å². The molecule has 3 radical (unpaired) electrons. The SMILES string of the molecule is C.CC(=O)c1cc(C#N)cc(C(=O)O)c1N(c1ccccc1)c1ccccc1.COC(=O)c1cc(C#N)cc(C(=O)OC)c1N(c1ccccc1)c1ccccc1.[B].[Na+].[OH-]. The van der Waals surface area contributed by atoms with Gasteiger partial charge in [0.25, 0.3) is 0 Å². The number of esters is 2. The van der Waals surface area contributed by atoms with Crippen LogP contribution in [0.25, 0.3) is 0 Å². The Balaban J connectivity index is 0.000000564. The van der Waals surface area contributed by atoms with Crippen LogP contribution in [0.15, 0.2) is 146 Å². The molecule has 6 rings (SSSR count). The van der Waals surface area contributed by atoms with Crippen molar-refractivity contribution in [2.75, 3.05) is 24.0 Å². The molecule has 12 nitrogen and oxygen atoms in total. The smallest absolute Gasteiger partial charge is 0.870 e. The number of carboxylic acids is 1. The molecule has 0 heterocycles. The van der Waals surface area contributed by atoms with Gasteiger partial charge in [0.15, 0.2) is 5.78 Å². The third-order valence-corrected chi connectivity index (χ3v) is 8.40. The summed E-state index contributed by atoms with van der Waals surface area (Å²) in [6.45, 7) is 1.36. The first kappa shape index (κ1) is 51.0. The third kappa shape index (κ3) is 11.6. The largest absolute Gasteiger partial charge is 1.00 e. The van der Waals surface area contributed by atoms with E-state index in [1.54, 1.807) is 9.80 Å². The van der Waals surface area contributed by atoms with E-state index in [1.165, 1.54) is 45.4 Å². The normalized spacial score (nSPS) is 9.35. The summed E-state index contributed by atoms with van der Waals surface area (Å²) in [5.41, 5.74) is 3.89. The molecule has 6 aromatic carbocycles. The van der Waals surface area contributed by atoms with E-state index in [1.807, 2.05) is 133 Å². The van der Waals surface area contributed by atoms with Crippen LogP contribution in [0.1, 0.15) is 66.9 Å². The summed E-state index contributed by atoms with van der Waals surface area (Å²) in [6.07, 6.45) is 0. The zero-order valence-corrected chi connectivity index (χ0v) is 34.6. The van der Waals surface area contributed by atoms with Gasteiger partial charge in [-0.1, -0.05) is 80.2 Å². The van der Waals surface area contributed by atoms with Crippen LogP contribution in [-0.2, 0) is 9.47 Å². The number of anilines is 6. The number of benzene rings is 6. The molecule has 0 aliphatic heterocycles. The number of hydrogen-bond donors (Lipinski definition) is 1. The zero-order chi connectivity index (χ0) is 40.2. The summed E-state index contributed by atoms with van der Waals surface area (Å²) in [4.78, 5) is 53.1. The van der Waals surface area contributed by atoms with Gasteiger partial charge in [-0.25, -0.2) is 14.4 Å². The molecule has 0 bridgehead atoms. The van der Waals surface area contributed by atoms with Gasteiger partial charge in [-0.3, -0.25) is 4.79 Å². The van der Waals surface area contributed by atoms with Crippen molar-refractivity contribution in [3.8, 4) is 12.1 Å². The van der Waals surface area contributed by atoms with Gasteiger partial charge in [0.2, 0.25) is 0 Å². The van der Waals surface area contributed by atoms with Crippen LogP contribution in [0.3, 0.4) is 0 Å². The molecule has 0 aliphatic carbocycles. The van der Waals surface area contributed by atoms with E-state index in [9.17, 15) is 34.8 Å². The fourth-order valence-corrected chi connectivity index (χ4v) is 5.97. The van der Waals surface area contributed by atoms with Gasteiger partial charge in [0.05, 0.1) is 65.6 Å². The van der Waals surface area contributed by atoms with Crippen molar-refractivity contribution in [1.82, 2.24) is 0 Å². The number of rotatable bonds is 10. The summed E-state index contributed by atoms with van der Waals surface area (Å²) in [5, 5.41) is 28.4. The maximum Gasteiger partial charge on any atom is 1.00 e. The molecule has 60 heavy (non-hydrogen) atoms. The van der Waals surface area contributed by atoms with Gasteiger partial charge < -0.3 is 29.9 Å². The Kier molecular flexibility index (Phi) is 20.5. The van der Waals surface area contributed by atoms with Gasteiger partial charge >= 0.3 is 47.5 Å². The Morgan fingerprint density at radius 2 is 0.800 bits per heavy atom. The number of nitrogens with zero attached hydrogens (tertiary/aromatic N) is 4. The van der Waals surface area contributed by atoms with Gasteiger partial charge in [-0.2, -0.15) is 10.5 Å². The van der Waals surface area contributed by atoms with Crippen molar-refractivity contribution in [2.45, 2.75) is 14.4 Å². The van der Waals surface area contributed by atoms with E-state index in [0.29, 0.717) is 11.4 Å². The van der Waals surface area contributed by atoms with Crippen molar-refractivity contribution >= 4 is 66.2 Å². The maximum absolute atomic E-state index is 12.6. The Labute approximate surface area is 373 Å². The Hall–Kier alpha value is -7.00. The third-order valence-electron chi connectivity index (χ3n) is 8.40. The molecule has 295 valence electrons. The number of carboxylic acid groups (broad SMARTS) is 1. The number of ether oxygens (including phenoxy) is 2. The topological polar surface area (TPSA) is 191 Å². The van der Waals surface area contributed by atoms with Crippen molar-refractivity contribution in [1.29, 1.82) is 10.5 Å². The van der Waals surface area contributed by atoms with Crippen molar-refractivity contribution in [2.24, 2.45) is 0 Å². The van der Waals surface area contributed by atoms with E-state index in [-0.39, 0.29) is 101 Å². The maximum atomic E-state index is 12.6. The van der Waals surface area contributed by atoms with E-state index in [2.05, 4.69) is 0 Å². The minimum atomic E-state index is -1.21. The second-order valence-electron chi connectivity index (χ2n) is 11.9. The van der Waals surface area contributed by atoms with Crippen LogP contribution in [-0.4, -0.2) is 56.9 Å². The number of carbonyl (C=O) groups excluding carboxylic acids is 3. The first-order valence-corrected chi connectivity index (χ1v) is 17.0. The fraction of sp³-hybridized carbons (Fsp3) is 0.0870. The standard InChI is InChI=1S/C23H18N2O4.C22H16N2O3.CH4.B.Na.H2O/c1-28-22(26)19-13-16(15-24)14-20(23(27)29-2)21(19)25(17-9-5-3-6-10-17)18-11-7-4-8-12-18;1-15(25)19-12-16(14-23)13-20(22(26)27)21(19)24(17-8-4-2-5-9-17)18-10-6-3-7-11-18;;;;/h3-14H,1-2H3;2-13H,1H3,(H,26,27);1H4;;;1H2/q;;;;+1;/p-1. The second-order valence-corrected chi connectivity index (χ2v) is 11.9. The molecule has 0 aromatic heterocycles. The average molecular weight is 810 g/mol. The first-order valence-electron chi connectivity index (χ1n) is 17.0. The number of Topliss-reactive ketones (excluding diaryl/α,β-unsaturated/α-hetero) is 1. The molecule has 0 unspecified atom stereocenters. The molecule has 14 heteroatoms.